The predicted molar refractivity (Wildman–Crippen MR) is 71.9 cm³/mol. The van der Waals surface area contributed by atoms with E-state index in [1.807, 2.05) is 32.0 Å². The largest absolute Gasteiger partial charge is 0.455 e. The Hall–Kier alpha value is -1.67. The summed E-state index contributed by atoms with van der Waals surface area (Å²) in [5, 5.41) is 0.607. The van der Waals surface area contributed by atoms with Gasteiger partial charge < -0.3 is 10.5 Å². The quantitative estimate of drug-likeness (QED) is 0.802. The van der Waals surface area contributed by atoms with E-state index in [1.165, 1.54) is 0 Å². The van der Waals surface area contributed by atoms with Gasteiger partial charge in [-0.2, -0.15) is 0 Å². The lowest BCUT2D eigenvalue weighted by atomic mass is 10.1. The zero-order valence-electron chi connectivity index (χ0n) is 9.83. The van der Waals surface area contributed by atoms with Crippen LogP contribution in [0.25, 0.3) is 0 Å². The van der Waals surface area contributed by atoms with Gasteiger partial charge in [0.1, 0.15) is 11.5 Å². The van der Waals surface area contributed by atoms with Gasteiger partial charge in [-0.3, -0.25) is 0 Å². The van der Waals surface area contributed by atoms with E-state index in [2.05, 4.69) is 0 Å². The van der Waals surface area contributed by atoms with Crippen LogP contribution in [0.15, 0.2) is 36.4 Å². The molecule has 0 spiro atoms. The van der Waals surface area contributed by atoms with E-state index in [9.17, 15) is 0 Å². The van der Waals surface area contributed by atoms with E-state index in [0.717, 1.165) is 16.9 Å². The van der Waals surface area contributed by atoms with Crippen molar-refractivity contribution in [2.24, 2.45) is 0 Å². The van der Waals surface area contributed by atoms with Crippen molar-refractivity contribution in [3.63, 3.8) is 0 Å². The SMILES string of the molecule is Cc1ccc(C)c(Oc2ccc(Cl)cc2N)c1. The Kier molecular flexibility index (Phi) is 3.25. The zero-order chi connectivity index (χ0) is 12.4. The molecule has 0 unspecified atom stereocenters. The Labute approximate surface area is 106 Å². The monoisotopic (exact) mass is 247 g/mol. The summed E-state index contributed by atoms with van der Waals surface area (Å²) in [5.74, 6) is 1.45. The molecule has 2 rings (SSSR count). The second-order valence-electron chi connectivity index (χ2n) is 4.05. The van der Waals surface area contributed by atoms with Crippen LogP contribution < -0.4 is 10.5 Å². The van der Waals surface area contributed by atoms with Crippen molar-refractivity contribution in [2.75, 3.05) is 5.73 Å². The fourth-order valence-electron chi connectivity index (χ4n) is 1.55. The summed E-state index contributed by atoms with van der Waals surface area (Å²) in [4.78, 5) is 0. The van der Waals surface area contributed by atoms with Gasteiger partial charge >= 0.3 is 0 Å². The molecule has 88 valence electrons. The molecule has 0 aliphatic rings. The van der Waals surface area contributed by atoms with Gasteiger partial charge in [-0.05, 0) is 49.2 Å². The third-order valence-corrected chi connectivity index (χ3v) is 2.77. The Balaban J connectivity index is 2.34. The molecule has 0 saturated heterocycles. The van der Waals surface area contributed by atoms with Crippen molar-refractivity contribution >= 4 is 17.3 Å². The summed E-state index contributed by atoms with van der Waals surface area (Å²) in [5.41, 5.74) is 8.61. The molecule has 0 aliphatic heterocycles. The highest BCUT2D eigenvalue weighted by molar-refractivity contribution is 6.30. The molecule has 0 amide bonds. The number of ether oxygens (including phenoxy) is 1. The van der Waals surface area contributed by atoms with Crippen molar-refractivity contribution < 1.29 is 4.74 Å². The van der Waals surface area contributed by atoms with Crippen molar-refractivity contribution in [1.29, 1.82) is 0 Å². The Morgan fingerprint density at radius 2 is 1.76 bits per heavy atom. The first-order chi connectivity index (χ1) is 8.06. The molecule has 0 saturated carbocycles. The molecule has 2 N–H and O–H groups in total. The fraction of sp³-hybridized carbons (Fsp3) is 0.143. The minimum Gasteiger partial charge on any atom is -0.455 e. The molecule has 2 aromatic rings. The number of rotatable bonds is 2. The molecule has 0 fully saturated rings. The first-order valence-corrected chi connectivity index (χ1v) is 5.74. The van der Waals surface area contributed by atoms with Crippen LogP contribution in [0.2, 0.25) is 5.02 Å². The molecule has 0 atom stereocenters. The standard InChI is InChI=1S/C14H14ClNO/c1-9-3-4-10(2)14(7-9)17-13-6-5-11(15)8-12(13)16/h3-8H,16H2,1-2H3. The molecule has 17 heavy (non-hydrogen) atoms. The summed E-state index contributed by atoms with van der Waals surface area (Å²) in [7, 11) is 0. The number of hydrogen-bond donors (Lipinski definition) is 1. The van der Waals surface area contributed by atoms with Crippen LogP contribution in [0, 0.1) is 13.8 Å². The summed E-state index contributed by atoms with van der Waals surface area (Å²) < 4.78 is 5.79. The maximum absolute atomic E-state index is 5.85. The Bertz CT molecular complexity index is 552. The van der Waals surface area contributed by atoms with Crippen molar-refractivity contribution in [1.82, 2.24) is 0 Å². The van der Waals surface area contributed by atoms with E-state index < -0.39 is 0 Å². The van der Waals surface area contributed by atoms with Gasteiger partial charge in [0, 0.05) is 5.02 Å². The summed E-state index contributed by atoms with van der Waals surface area (Å²) in [6, 6.07) is 11.3. The normalized spacial score (nSPS) is 10.3. The molecule has 0 radical (unpaired) electrons. The van der Waals surface area contributed by atoms with Crippen LogP contribution >= 0.6 is 11.6 Å². The minimum atomic E-state index is 0.540. The third-order valence-electron chi connectivity index (χ3n) is 2.54. The minimum absolute atomic E-state index is 0.540. The highest BCUT2D eigenvalue weighted by Crippen LogP contribution is 2.31. The second kappa shape index (κ2) is 4.68. The summed E-state index contributed by atoms with van der Waals surface area (Å²) >= 11 is 5.84. The van der Waals surface area contributed by atoms with Crippen LogP contribution in [-0.4, -0.2) is 0 Å². The average Bonchev–Trinajstić information content (AvgIpc) is 2.27. The lowest BCUT2D eigenvalue weighted by Gasteiger charge is -2.11. The predicted octanol–water partition coefficient (Wildman–Crippen LogP) is 4.33. The van der Waals surface area contributed by atoms with E-state index in [0.29, 0.717) is 16.5 Å². The van der Waals surface area contributed by atoms with Crippen molar-refractivity contribution in [3.05, 3.63) is 52.5 Å². The molecule has 0 aromatic heterocycles. The van der Waals surface area contributed by atoms with Crippen molar-refractivity contribution in [2.45, 2.75) is 13.8 Å². The first kappa shape index (κ1) is 11.8. The summed E-state index contributed by atoms with van der Waals surface area (Å²) in [6.07, 6.45) is 0. The van der Waals surface area contributed by atoms with Gasteiger partial charge in [-0.25, -0.2) is 0 Å². The number of nitrogens with two attached hydrogens (primary N) is 1. The Morgan fingerprint density at radius 1 is 1.00 bits per heavy atom. The maximum atomic E-state index is 5.85. The first-order valence-electron chi connectivity index (χ1n) is 5.36. The molecular weight excluding hydrogens is 234 g/mol. The van der Waals surface area contributed by atoms with Gasteiger partial charge in [-0.1, -0.05) is 23.7 Å². The van der Waals surface area contributed by atoms with Crippen LogP contribution in [0.4, 0.5) is 5.69 Å². The zero-order valence-corrected chi connectivity index (χ0v) is 10.6. The molecule has 0 heterocycles. The fourth-order valence-corrected chi connectivity index (χ4v) is 1.73. The second-order valence-corrected chi connectivity index (χ2v) is 4.49. The average molecular weight is 248 g/mol. The maximum Gasteiger partial charge on any atom is 0.150 e. The van der Waals surface area contributed by atoms with E-state index in [1.54, 1.807) is 18.2 Å². The molecule has 0 bridgehead atoms. The lowest BCUT2D eigenvalue weighted by molar-refractivity contribution is 0.481. The topological polar surface area (TPSA) is 35.2 Å². The van der Waals surface area contributed by atoms with Crippen LogP contribution in [0.1, 0.15) is 11.1 Å². The number of nitrogen functional groups attached to an aromatic ring is 1. The van der Waals surface area contributed by atoms with Crippen LogP contribution in [-0.2, 0) is 0 Å². The van der Waals surface area contributed by atoms with Gasteiger partial charge in [0.05, 0.1) is 5.69 Å². The molecule has 0 aliphatic carbocycles. The number of aryl methyl sites for hydroxylation is 2. The highest BCUT2D eigenvalue weighted by Gasteiger charge is 2.05. The highest BCUT2D eigenvalue weighted by atomic mass is 35.5. The van der Waals surface area contributed by atoms with E-state index >= 15 is 0 Å². The number of benzene rings is 2. The molecule has 2 aromatic carbocycles. The summed E-state index contributed by atoms with van der Waals surface area (Å²) in [6.45, 7) is 4.03. The smallest absolute Gasteiger partial charge is 0.150 e. The number of hydrogen-bond acceptors (Lipinski definition) is 2. The van der Waals surface area contributed by atoms with Gasteiger partial charge in [0.25, 0.3) is 0 Å². The molecule has 2 nitrogen and oxygen atoms in total. The lowest BCUT2D eigenvalue weighted by Crippen LogP contribution is -1.93. The van der Waals surface area contributed by atoms with E-state index in [-0.39, 0.29) is 0 Å². The number of anilines is 1. The van der Waals surface area contributed by atoms with Gasteiger partial charge in [0.2, 0.25) is 0 Å². The van der Waals surface area contributed by atoms with Gasteiger partial charge in [0.15, 0.2) is 0 Å². The third kappa shape index (κ3) is 2.71. The van der Waals surface area contributed by atoms with Crippen LogP contribution in [0.3, 0.4) is 0 Å². The van der Waals surface area contributed by atoms with E-state index in [4.69, 9.17) is 22.1 Å². The molecular formula is C14H14ClNO. The Morgan fingerprint density at radius 3 is 2.47 bits per heavy atom. The van der Waals surface area contributed by atoms with Crippen molar-refractivity contribution in [3.8, 4) is 11.5 Å². The number of halogens is 1. The molecule has 3 heteroatoms. The van der Waals surface area contributed by atoms with Gasteiger partial charge in [-0.15, -0.1) is 0 Å². The van der Waals surface area contributed by atoms with Crippen LogP contribution in [0.5, 0.6) is 11.5 Å².